The van der Waals surface area contributed by atoms with E-state index >= 15 is 0 Å². The first kappa shape index (κ1) is 13.2. The Kier molecular flexibility index (Phi) is 4.63. The van der Waals surface area contributed by atoms with Crippen molar-refractivity contribution in [2.45, 2.75) is 13.8 Å². The van der Waals surface area contributed by atoms with Gasteiger partial charge in [0.05, 0.1) is 6.61 Å². The second-order valence-electron chi connectivity index (χ2n) is 3.63. The zero-order chi connectivity index (χ0) is 12.8. The van der Waals surface area contributed by atoms with Gasteiger partial charge in [-0.25, -0.2) is 4.98 Å². The van der Waals surface area contributed by atoms with Crippen molar-refractivity contribution in [2.24, 2.45) is 0 Å². The first-order valence-electron chi connectivity index (χ1n) is 5.39. The quantitative estimate of drug-likeness (QED) is 0.732. The molecule has 0 radical (unpaired) electrons. The van der Waals surface area contributed by atoms with Crippen molar-refractivity contribution in [3.05, 3.63) is 29.6 Å². The number of hydrogen-bond donors (Lipinski definition) is 0. The third-order valence-corrected chi connectivity index (χ3v) is 2.13. The highest BCUT2D eigenvalue weighted by atomic mass is 16.5. The van der Waals surface area contributed by atoms with Gasteiger partial charge in [-0.15, -0.1) is 0 Å². The van der Waals surface area contributed by atoms with Crippen LogP contribution in [-0.2, 0) is 9.53 Å². The molecule has 1 heterocycles. The highest BCUT2D eigenvalue weighted by Gasteiger charge is 2.16. The lowest BCUT2D eigenvalue weighted by Crippen LogP contribution is -2.33. The molecule has 0 saturated heterocycles. The fourth-order valence-corrected chi connectivity index (χ4v) is 1.33. The molecule has 0 bridgehead atoms. The summed E-state index contributed by atoms with van der Waals surface area (Å²) in [6, 6.07) is 5.19. The van der Waals surface area contributed by atoms with Crippen molar-refractivity contribution in [1.29, 1.82) is 0 Å². The van der Waals surface area contributed by atoms with Crippen LogP contribution in [0.2, 0.25) is 0 Å². The maximum Gasteiger partial charge on any atom is 0.325 e. The highest BCUT2D eigenvalue weighted by Crippen LogP contribution is 2.02. The van der Waals surface area contributed by atoms with Crippen LogP contribution >= 0.6 is 0 Å². The van der Waals surface area contributed by atoms with Crippen LogP contribution in [0.3, 0.4) is 0 Å². The van der Waals surface area contributed by atoms with E-state index in [9.17, 15) is 9.59 Å². The molecule has 5 heteroatoms. The molecule has 1 amide bonds. The van der Waals surface area contributed by atoms with E-state index in [0.717, 1.165) is 5.69 Å². The molecule has 0 fully saturated rings. The standard InChI is InChI=1S/C12H16N2O3/c1-4-17-11(15)8-14(3)12(16)10-7-5-6-9(2)13-10/h5-7H,4,8H2,1-3H3. The summed E-state index contributed by atoms with van der Waals surface area (Å²) in [6.45, 7) is 3.77. The Morgan fingerprint density at radius 3 is 2.71 bits per heavy atom. The van der Waals surface area contributed by atoms with E-state index < -0.39 is 5.97 Å². The van der Waals surface area contributed by atoms with Gasteiger partial charge in [0.1, 0.15) is 12.2 Å². The number of rotatable bonds is 4. The van der Waals surface area contributed by atoms with Crippen LogP contribution in [0.25, 0.3) is 0 Å². The normalized spacial score (nSPS) is 9.82. The molecule has 0 N–H and O–H groups in total. The Morgan fingerprint density at radius 1 is 1.41 bits per heavy atom. The zero-order valence-corrected chi connectivity index (χ0v) is 10.3. The number of esters is 1. The van der Waals surface area contributed by atoms with Crippen molar-refractivity contribution >= 4 is 11.9 Å². The average molecular weight is 236 g/mol. The number of carbonyl (C=O) groups excluding carboxylic acids is 2. The van der Waals surface area contributed by atoms with Gasteiger partial charge >= 0.3 is 5.97 Å². The van der Waals surface area contributed by atoms with E-state index in [2.05, 4.69) is 4.98 Å². The van der Waals surface area contributed by atoms with Crippen molar-refractivity contribution in [2.75, 3.05) is 20.2 Å². The molecule has 1 aromatic heterocycles. The molecule has 0 aromatic carbocycles. The monoisotopic (exact) mass is 236 g/mol. The molecule has 0 atom stereocenters. The Labute approximate surface area is 100 Å². The summed E-state index contributed by atoms with van der Waals surface area (Å²) in [4.78, 5) is 28.5. The average Bonchev–Trinajstić information content (AvgIpc) is 2.28. The maximum absolute atomic E-state index is 11.9. The molecule has 5 nitrogen and oxygen atoms in total. The van der Waals surface area contributed by atoms with Gasteiger partial charge < -0.3 is 9.64 Å². The third-order valence-electron chi connectivity index (χ3n) is 2.13. The lowest BCUT2D eigenvalue weighted by Gasteiger charge is -2.15. The minimum Gasteiger partial charge on any atom is -0.465 e. The SMILES string of the molecule is CCOC(=O)CN(C)C(=O)c1cccc(C)n1. The van der Waals surface area contributed by atoms with Crippen LogP contribution in [0.4, 0.5) is 0 Å². The van der Waals surface area contributed by atoms with Crippen molar-refractivity contribution in [1.82, 2.24) is 9.88 Å². The van der Waals surface area contributed by atoms with Gasteiger partial charge in [0, 0.05) is 12.7 Å². The van der Waals surface area contributed by atoms with Crippen LogP contribution in [0.15, 0.2) is 18.2 Å². The molecule has 1 rings (SSSR count). The van der Waals surface area contributed by atoms with E-state index in [-0.39, 0.29) is 12.5 Å². The maximum atomic E-state index is 11.9. The van der Waals surface area contributed by atoms with E-state index in [4.69, 9.17) is 4.74 Å². The lowest BCUT2D eigenvalue weighted by molar-refractivity contribution is -0.143. The summed E-state index contributed by atoms with van der Waals surface area (Å²) in [5.41, 5.74) is 1.09. The van der Waals surface area contributed by atoms with Crippen LogP contribution in [0, 0.1) is 6.92 Å². The Morgan fingerprint density at radius 2 is 2.12 bits per heavy atom. The summed E-state index contributed by atoms with van der Waals surface area (Å²) in [5, 5.41) is 0. The fraction of sp³-hybridized carbons (Fsp3) is 0.417. The molecule has 0 aliphatic rings. The number of hydrogen-bond acceptors (Lipinski definition) is 4. The first-order chi connectivity index (χ1) is 8.04. The molecule has 0 aliphatic heterocycles. The molecular weight excluding hydrogens is 220 g/mol. The summed E-state index contributed by atoms with van der Waals surface area (Å²) in [5.74, 6) is -0.710. The largest absolute Gasteiger partial charge is 0.465 e. The number of carbonyl (C=O) groups is 2. The Balaban J connectivity index is 2.67. The fourth-order valence-electron chi connectivity index (χ4n) is 1.33. The van der Waals surface area contributed by atoms with Gasteiger partial charge in [0.15, 0.2) is 0 Å². The van der Waals surface area contributed by atoms with E-state index in [1.807, 2.05) is 13.0 Å². The second-order valence-corrected chi connectivity index (χ2v) is 3.63. The van der Waals surface area contributed by atoms with E-state index in [0.29, 0.717) is 12.3 Å². The van der Waals surface area contributed by atoms with Gasteiger partial charge in [0.25, 0.3) is 5.91 Å². The number of nitrogens with zero attached hydrogens (tertiary/aromatic N) is 2. The number of aryl methyl sites for hydroxylation is 1. The van der Waals surface area contributed by atoms with Gasteiger partial charge in [0.2, 0.25) is 0 Å². The molecule has 0 aliphatic carbocycles. The van der Waals surface area contributed by atoms with Crippen LogP contribution in [0.5, 0.6) is 0 Å². The smallest absolute Gasteiger partial charge is 0.325 e. The third kappa shape index (κ3) is 3.86. The van der Waals surface area contributed by atoms with Crippen molar-refractivity contribution < 1.29 is 14.3 Å². The predicted molar refractivity (Wildman–Crippen MR) is 62.6 cm³/mol. The van der Waals surface area contributed by atoms with Crippen LogP contribution in [-0.4, -0.2) is 42.0 Å². The number of amides is 1. The minimum absolute atomic E-state index is 0.0672. The highest BCUT2D eigenvalue weighted by molar-refractivity contribution is 5.94. The molecular formula is C12H16N2O3. The molecule has 0 spiro atoms. The van der Waals surface area contributed by atoms with Crippen LogP contribution in [0.1, 0.15) is 23.1 Å². The molecule has 92 valence electrons. The molecule has 17 heavy (non-hydrogen) atoms. The number of ether oxygens (including phenoxy) is 1. The Hall–Kier alpha value is -1.91. The van der Waals surface area contributed by atoms with E-state index in [1.54, 1.807) is 26.1 Å². The summed E-state index contributed by atoms with van der Waals surface area (Å²) < 4.78 is 4.77. The van der Waals surface area contributed by atoms with Crippen molar-refractivity contribution in [3.63, 3.8) is 0 Å². The molecule has 0 saturated carbocycles. The van der Waals surface area contributed by atoms with Crippen molar-refractivity contribution in [3.8, 4) is 0 Å². The minimum atomic E-state index is -0.420. The second kappa shape index (κ2) is 5.98. The number of aromatic nitrogens is 1. The van der Waals surface area contributed by atoms with Gasteiger partial charge in [-0.1, -0.05) is 6.07 Å². The van der Waals surface area contributed by atoms with Gasteiger partial charge in [-0.05, 0) is 26.0 Å². The molecule has 1 aromatic rings. The van der Waals surface area contributed by atoms with Gasteiger partial charge in [-0.2, -0.15) is 0 Å². The number of likely N-dealkylation sites (N-methyl/N-ethyl adjacent to an activating group) is 1. The van der Waals surface area contributed by atoms with Gasteiger partial charge in [-0.3, -0.25) is 9.59 Å². The predicted octanol–water partition coefficient (Wildman–Crippen LogP) is 1.03. The topological polar surface area (TPSA) is 59.5 Å². The lowest BCUT2D eigenvalue weighted by atomic mass is 10.3. The summed E-state index contributed by atoms with van der Waals surface area (Å²) in [6.07, 6.45) is 0. The first-order valence-corrected chi connectivity index (χ1v) is 5.39. The zero-order valence-electron chi connectivity index (χ0n) is 10.3. The van der Waals surface area contributed by atoms with E-state index in [1.165, 1.54) is 4.90 Å². The van der Waals surface area contributed by atoms with Crippen LogP contribution < -0.4 is 0 Å². The Bertz CT molecular complexity index is 418. The number of pyridine rings is 1. The molecule has 0 unspecified atom stereocenters. The summed E-state index contributed by atoms with van der Waals surface area (Å²) in [7, 11) is 1.54. The summed E-state index contributed by atoms with van der Waals surface area (Å²) >= 11 is 0.